The van der Waals surface area contributed by atoms with E-state index in [4.69, 9.17) is 4.98 Å². The molecule has 0 aliphatic heterocycles. The average molecular weight is 566 g/mol. The summed E-state index contributed by atoms with van der Waals surface area (Å²) in [6, 6.07) is 0. The molecule has 4 fully saturated rings. The SMILES string of the molecule is C=C1/C(=C\C=C2/CCC[C@]3(C)[C@@H]([C@@H](C)/C=C/[C@H](O)C4(c5ncc(CCCCC)s5)CC4)CC[C@@H]23)C[C@@H](O)C[C@@H]1O. The maximum absolute atomic E-state index is 11.3. The topological polar surface area (TPSA) is 73.6 Å². The molecule has 0 radical (unpaired) electrons. The van der Waals surface area contributed by atoms with Crippen LogP contribution in [-0.2, 0) is 11.8 Å². The smallest absolute Gasteiger partial charge is 0.102 e. The lowest BCUT2D eigenvalue weighted by molar-refractivity contribution is 0.0862. The Hall–Kier alpha value is -1.53. The molecular weight excluding hydrogens is 514 g/mol. The monoisotopic (exact) mass is 565 g/mol. The summed E-state index contributed by atoms with van der Waals surface area (Å²) in [6.45, 7) is 11.2. The van der Waals surface area contributed by atoms with Crippen molar-refractivity contribution < 1.29 is 15.3 Å². The van der Waals surface area contributed by atoms with Crippen LogP contribution in [0.15, 0.2) is 53.8 Å². The van der Waals surface area contributed by atoms with Crippen LogP contribution in [0.4, 0.5) is 0 Å². The highest BCUT2D eigenvalue weighted by Gasteiger charge is 2.53. The highest BCUT2D eigenvalue weighted by atomic mass is 32.1. The first-order valence-electron chi connectivity index (χ1n) is 15.9. The molecule has 0 amide bonds. The second-order valence-electron chi connectivity index (χ2n) is 13.6. The molecule has 4 saturated carbocycles. The first-order valence-corrected chi connectivity index (χ1v) is 16.8. The number of aliphatic hydroxyl groups is 3. The summed E-state index contributed by atoms with van der Waals surface area (Å²) in [7, 11) is 0. The quantitative estimate of drug-likeness (QED) is 0.202. The van der Waals surface area contributed by atoms with E-state index in [1.165, 1.54) is 55.4 Å². The van der Waals surface area contributed by atoms with Crippen LogP contribution < -0.4 is 0 Å². The lowest BCUT2D eigenvalue weighted by atomic mass is 9.61. The highest BCUT2D eigenvalue weighted by Crippen LogP contribution is 2.60. The molecule has 0 spiro atoms. The van der Waals surface area contributed by atoms with Gasteiger partial charge in [0.25, 0.3) is 0 Å². The second-order valence-corrected chi connectivity index (χ2v) is 14.7. The molecule has 4 aliphatic carbocycles. The van der Waals surface area contributed by atoms with Gasteiger partial charge in [-0.05, 0) is 98.5 Å². The van der Waals surface area contributed by atoms with E-state index < -0.39 is 18.3 Å². The van der Waals surface area contributed by atoms with E-state index >= 15 is 0 Å². The summed E-state index contributed by atoms with van der Waals surface area (Å²) in [5, 5.41) is 32.8. The van der Waals surface area contributed by atoms with Gasteiger partial charge < -0.3 is 15.3 Å². The van der Waals surface area contributed by atoms with Crippen molar-refractivity contribution in [3.05, 3.63) is 63.7 Å². The molecule has 0 bridgehead atoms. The summed E-state index contributed by atoms with van der Waals surface area (Å²) in [6.07, 6.45) is 23.2. The molecule has 0 saturated heterocycles. The summed E-state index contributed by atoms with van der Waals surface area (Å²) in [4.78, 5) is 6.13. The van der Waals surface area contributed by atoms with Gasteiger partial charge in [-0.15, -0.1) is 11.3 Å². The van der Waals surface area contributed by atoms with Gasteiger partial charge in [0.15, 0.2) is 0 Å². The van der Waals surface area contributed by atoms with Gasteiger partial charge in [-0.25, -0.2) is 4.98 Å². The fourth-order valence-electron chi connectivity index (χ4n) is 8.18. The minimum absolute atomic E-state index is 0.162. The Morgan fingerprint density at radius 3 is 2.70 bits per heavy atom. The predicted octanol–water partition coefficient (Wildman–Crippen LogP) is 7.60. The van der Waals surface area contributed by atoms with E-state index in [0.29, 0.717) is 30.6 Å². The molecule has 1 aromatic rings. The molecule has 1 heterocycles. The average Bonchev–Trinajstić information content (AvgIpc) is 3.46. The van der Waals surface area contributed by atoms with E-state index in [9.17, 15) is 15.3 Å². The Labute approximate surface area is 246 Å². The zero-order valence-electron chi connectivity index (χ0n) is 24.9. The van der Waals surface area contributed by atoms with Crippen LogP contribution in [0.2, 0.25) is 0 Å². The Balaban J connectivity index is 1.24. The zero-order chi connectivity index (χ0) is 28.5. The van der Waals surface area contributed by atoms with Gasteiger partial charge >= 0.3 is 0 Å². The Kier molecular flexibility index (Phi) is 9.26. The van der Waals surface area contributed by atoms with Crippen LogP contribution >= 0.6 is 11.3 Å². The molecule has 220 valence electrons. The number of hydrogen-bond donors (Lipinski definition) is 3. The summed E-state index contributed by atoms with van der Waals surface area (Å²) in [5.74, 6) is 1.60. The van der Waals surface area contributed by atoms with Crippen molar-refractivity contribution in [1.82, 2.24) is 4.98 Å². The van der Waals surface area contributed by atoms with Gasteiger partial charge in [0, 0.05) is 17.5 Å². The second kappa shape index (κ2) is 12.4. The Morgan fingerprint density at radius 2 is 1.95 bits per heavy atom. The fourth-order valence-corrected chi connectivity index (χ4v) is 9.41. The number of unbranched alkanes of at least 4 members (excludes halogenated alkanes) is 2. The first-order chi connectivity index (χ1) is 19.2. The third-order valence-corrected chi connectivity index (χ3v) is 12.2. The molecule has 5 heteroatoms. The number of rotatable bonds is 10. The van der Waals surface area contributed by atoms with Crippen molar-refractivity contribution in [1.29, 1.82) is 0 Å². The zero-order valence-corrected chi connectivity index (χ0v) is 25.8. The van der Waals surface area contributed by atoms with Crippen LogP contribution in [0.3, 0.4) is 0 Å². The van der Waals surface area contributed by atoms with Gasteiger partial charge in [-0.2, -0.15) is 0 Å². The van der Waals surface area contributed by atoms with Crippen LogP contribution in [0.1, 0.15) is 108 Å². The molecule has 4 nitrogen and oxygen atoms in total. The van der Waals surface area contributed by atoms with Crippen molar-refractivity contribution in [3.63, 3.8) is 0 Å². The number of thiazole rings is 1. The van der Waals surface area contributed by atoms with Gasteiger partial charge in [0.1, 0.15) is 5.01 Å². The molecule has 3 N–H and O–H groups in total. The highest BCUT2D eigenvalue weighted by molar-refractivity contribution is 7.11. The van der Waals surface area contributed by atoms with Gasteiger partial charge in [-0.1, -0.05) is 70.1 Å². The minimum atomic E-state index is -0.637. The van der Waals surface area contributed by atoms with E-state index in [0.717, 1.165) is 41.8 Å². The van der Waals surface area contributed by atoms with E-state index in [2.05, 4.69) is 51.7 Å². The van der Waals surface area contributed by atoms with E-state index in [-0.39, 0.29) is 10.8 Å². The van der Waals surface area contributed by atoms with E-state index in [1.807, 2.05) is 17.5 Å². The minimum Gasteiger partial charge on any atom is -0.393 e. The number of hydrogen-bond acceptors (Lipinski definition) is 5. The fraction of sp³-hybridized carbons (Fsp3) is 0.686. The number of aryl methyl sites for hydroxylation is 1. The number of nitrogens with zero attached hydrogens (tertiary/aromatic N) is 1. The van der Waals surface area contributed by atoms with Gasteiger partial charge in [0.2, 0.25) is 0 Å². The van der Waals surface area contributed by atoms with Gasteiger partial charge in [-0.3, -0.25) is 0 Å². The van der Waals surface area contributed by atoms with E-state index in [1.54, 1.807) is 0 Å². The molecular formula is C35H51NO3S. The number of aliphatic hydroxyl groups excluding tert-OH is 3. The van der Waals surface area contributed by atoms with Crippen molar-refractivity contribution in [2.75, 3.05) is 0 Å². The van der Waals surface area contributed by atoms with Crippen LogP contribution in [0.5, 0.6) is 0 Å². The maximum Gasteiger partial charge on any atom is 0.102 e. The van der Waals surface area contributed by atoms with Crippen molar-refractivity contribution in [2.24, 2.45) is 23.2 Å². The summed E-state index contributed by atoms with van der Waals surface area (Å²) >= 11 is 1.82. The molecule has 1 aromatic heterocycles. The number of fused-ring (bicyclic) bond motifs is 1. The third-order valence-electron chi connectivity index (χ3n) is 10.9. The molecule has 7 atom stereocenters. The van der Waals surface area contributed by atoms with Crippen molar-refractivity contribution in [2.45, 2.75) is 128 Å². The van der Waals surface area contributed by atoms with Crippen LogP contribution in [0.25, 0.3) is 0 Å². The Morgan fingerprint density at radius 1 is 1.15 bits per heavy atom. The standard InChI is InChI=1S/C35H51NO3S/c1-5-6-7-10-28-22-36-33(40-28)35(18-19-35)32(39)16-11-23(2)29-14-15-30-25(9-8-17-34(29,30)4)12-13-26-20-27(37)21-31(38)24(26)3/h11-13,16,22-23,27,29-32,37-39H,3,5-10,14-15,17-21H2,1-2,4H3/b16-11+,25-12+,26-13-/t23-,27+,29+,30-,31-,32-,34+/m0/s1. The maximum atomic E-state index is 11.3. The molecule has 5 rings (SSSR count). The Bertz CT molecular complexity index is 1140. The van der Waals surface area contributed by atoms with Gasteiger partial charge in [0.05, 0.1) is 23.7 Å². The van der Waals surface area contributed by atoms with Crippen LogP contribution in [-0.4, -0.2) is 38.6 Å². The summed E-state index contributed by atoms with van der Waals surface area (Å²) < 4.78 is 0. The summed E-state index contributed by atoms with van der Waals surface area (Å²) in [5.41, 5.74) is 3.39. The number of allylic oxidation sites excluding steroid dienone is 4. The van der Waals surface area contributed by atoms with Crippen molar-refractivity contribution >= 4 is 11.3 Å². The predicted molar refractivity (Wildman–Crippen MR) is 165 cm³/mol. The largest absolute Gasteiger partial charge is 0.393 e. The number of aromatic nitrogens is 1. The molecule has 0 aromatic carbocycles. The van der Waals surface area contributed by atoms with Crippen molar-refractivity contribution in [3.8, 4) is 0 Å². The lowest BCUT2D eigenvalue weighted by Crippen LogP contribution is -2.35. The normalized spacial score (nSPS) is 35.4. The molecule has 4 aliphatic rings. The molecule has 0 unspecified atom stereocenters. The molecule has 40 heavy (non-hydrogen) atoms. The first kappa shape index (κ1) is 29.9. The third kappa shape index (κ3) is 6.00. The van der Waals surface area contributed by atoms with Crippen LogP contribution in [0, 0.1) is 23.2 Å². The lowest BCUT2D eigenvalue weighted by Gasteiger charge is -2.44.